The molecule has 1 saturated carbocycles. The fourth-order valence-corrected chi connectivity index (χ4v) is 4.30. The molecule has 1 aliphatic carbocycles. The first-order chi connectivity index (χ1) is 13.7. The average Bonchev–Trinajstić information content (AvgIpc) is 3.55. The van der Waals surface area contributed by atoms with Crippen molar-refractivity contribution in [2.45, 2.75) is 51.6 Å². The Morgan fingerprint density at radius 2 is 1.86 bits per heavy atom. The topological polar surface area (TPSA) is 68.8 Å². The van der Waals surface area contributed by atoms with Crippen LogP contribution >= 0.6 is 0 Å². The van der Waals surface area contributed by atoms with Crippen LogP contribution in [-0.4, -0.2) is 37.2 Å². The number of piperidine rings is 1. The van der Waals surface area contributed by atoms with Crippen molar-refractivity contribution in [3.63, 3.8) is 0 Å². The number of aromatic nitrogens is 5. The van der Waals surface area contributed by atoms with Crippen LogP contribution in [0.15, 0.2) is 35.4 Å². The summed E-state index contributed by atoms with van der Waals surface area (Å²) in [6, 6.07) is 5.91. The quantitative estimate of drug-likeness (QED) is 0.683. The van der Waals surface area contributed by atoms with Gasteiger partial charge in [0.15, 0.2) is 5.65 Å². The first kappa shape index (κ1) is 17.4. The monoisotopic (exact) mass is 378 g/mol. The van der Waals surface area contributed by atoms with Crippen LogP contribution in [0, 0.1) is 5.92 Å². The van der Waals surface area contributed by atoms with Gasteiger partial charge in [-0.15, -0.1) is 0 Å². The number of imidazole rings is 1. The van der Waals surface area contributed by atoms with Gasteiger partial charge < -0.3 is 4.90 Å². The van der Waals surface area contributed by atoms with Gasteiger partial charge in [-0.05, 0) is 56.7 Å². The SMILES string of the molecule is CCn1c(=O)n(CC2CCN(c3ccnc(C4CC4)n3)CC2)c2ncccc21. The Hall–Kier alpha value is -2.70. The third kappa shape index (κ3) is 3.08. The predicted molar refractivity (Wildman–Crippen MR) is 109 cm³/mol. The fourth-order valence-electron chi connectivity index (χ4n) is 4.30. The van der Waals surface area contributed by atoms with Crippen molar-refractivity contribution >= 4 is 17.0 Å². The van der Waals surface area contributed by atoms with E-state index in [0.29, 0.717) is 18.4 Å². The molecule has 7 nitrogen and oxygen atoms in total. The number of pyridine rings is 1. The van der Waals surface area contributed by atoms with Gasteiger partial charge in [0.05, 0.1) is 5.52 Å². The van der Waals surface area contributed by atoms with E-state index in [2.05, 4.69) is 14.9 Å². The smallest absolute Gasteiger partial charge is 0.330 e. The van der Waals surface area contributed by atoms with Crippen molar-refractivity contribution in [3.8, 4) is 0 Å². The molecule has 0 unspecified atom stereocenters. The van der Waals surface area contributed by atoms with Crippen LogP contribution in [0.5, 0.6) is 0 Å². The fraction of sp³-hybridized carbons (Fsp3) is 0.524. The van der Waals surface area contributed by atoms with E-state index < -0.39 is 0 Å². The number of rotatable bonds is 5. The van der Waals surface area contributed by atoms with E-state index in [1.54, 1.807) is 6.20 Å². The molecule has 28 heavy (non-hydrogen) atoms. The molecule has 0 radical (unpaired) electrons. The van der Waals surface area contributed by atoms with E-state index in [4.69, 9.17) is 4.98 Å². The zero-order valence-corrected chi connectivity index (χ0v) is 16.3. The third-order valence-electron chi connectivity index (χ3n) is 6.07. The Balaban J connectivity index is 1.30. The van der Waals surface area contributed by atoms with Crippen molar-refractivity contribution in [1.29, 1.82) is 0 Å². The molecule has 0 N–H and O–H groups in total. The standard InChI is InChI=1S/C21H26N6O/c1-2-26-17-4-3-10-23-20(17)27(21(26)28)14-15-8-12-25(13-9-15)18-7-11-22-19(24-18)16-5-6-16/h3-4,7,10-11,15-16H,2,5-6,8-9,12-14H2,1H3. The van der Waals surface area contributed by atoms with Gasteiger partial charge in [-0.25, -0.2) is 19.7 Å². The van der Waals surface area contributed by atoms with E-state index in [-0.39, 0.29) is 5.69 Å². The lowest BCUT2D eigenvalue weighted by molar-refractivity contribution is 0.353. The molecule has 2 fully saturated rings. The first-order valence-electron chi connectivity index (χ1n) is 10.4. The average molecular weight is 378 g/mol. The lowest BCUT2D eigenvalue weighted by atomic mass is 9.96. The molecule has 5 rings (SSSR count). The van der Waals surface area contributed by atoms with Gasteiger partial charge in [-0.1, -0.05) is 0 Å². The molecule has 3 aromatic heterocycles. The molecule has 0 spiro atoms. The van der Waals surface area contributed by atoms with E-state index in [9.17, 15) is 4.79 Å². The summed E-state index contributed by atoms with van der Waals surface area (Å²) < 4.78 is 3.69. The molecule has 0 atom stereocenters. The molecule has 0 bridgehead atoms. The molecule has 1 aliphatic heterocycles. The Morgan fingerprint density at radius 1 is 1.04 bits per heavy atom. The van der Waals surface area contributed by atoms with Crippen LogP contribution < -0.4 is 10.6 Å². The van der Waals surface area contributed by atoms with Crippen molar-refractivity contribution < 1.29 is 0 Å². The minimum Gasteiger partial charge on any atom is -0.356 e. The number of anilines is 1. The number of hydrogen-bond donors (Lipinski definition) is 0. The first-order valence-corrected chi connectivity index (χ1v) is 10.4. The van der Waals surface area contributed by atoms with Gasteiger partial charge in [-0.2, -0.15) is 0 Å². The molecule has 0 aromatic carbocycles. The van der Waals surface area contributed by atoms with Gasteiger partial charge in [0.2, 0.25) is 0 Å². The predicted octanol–water partition coefficient (Wildman–Crippen LogP) is 2.80. The molecule has 3 aromatic rings. The summed E-state index contributed by atoms with van der Waals surface area (Å²) in [5.41, 5.74) is 1.80. The van der Waals surface area contributed by atoms with E-state index >= 15 is 0 Å². The Bertz CT molecular complexity index is 1040. The van der Waals surface area contributed by atoms with E-state index in [0.717, 1.165) is 55.3 Å². The van der Waals surface area contributed by atoms with Gasteiger partial charge in [0, 0.05) is 44.5 Å². The summed E-state index contributed by atoms with van der Waals surface area (Å²) in [5, 5.41) is 0. The van der Waals surface area contributed by atoms with E-state index in [1.807, 2.05) is 40.5 Å². The maximum atomic E-state index is 12.8. The largest absolute Gasteiger partial charge is 0.356 e. The third-order valence-corrected chi connectivity index (χ3v) is 6.07. The van der Waals surface area contributed by atoms with Crippen LogP contribution in [0.25, 0.3) is 11.2 Å². The molecule has 146 valence electrons. The second kappa shape index (κ2) is 7.04. The minimum atomic E-state index is 0.0588. The highest BCUT2D eigenvalue weighted by molar-refractivity contribution is 5.71. The van der Waals surface area contributed by atoms with Crippen LogP contribution in [0.3, 0.4) is 0 Å². The van der Waals surface area contributed by atoms with Crippen molar-refractivity contribution in [2.24, 2.45) is 5.92 Å². The van der Waals surface area contributed by atoms with Crippen LogP contribution in [0.4, 0.5) is 5.82 Å². The van der Waals surface area contributed by atoms with Crippen molar-refractivity contribution in [3.05, 3.63) is 46.9 Å². The lowest BCUT2D eigenvalue weighted by Crippen LogP contribution is -2.37. The molecular formula is C21H26N6O. The molecule has 1 saturated heterocycles. The molecule has 0 amide bonds. The summed E-state index contributed by atoms with van der Waals surface area (Å²) in [4.78, 5) is 28.9. The zero-order valence-electron chi connectivity index (χ0n) is 16.3. The van der Waals surface area contributed by atoms with E-state index in [1.165, 1.54) is 12.8 Å². The number of fused-ring (bicyclic) bond motifs is 1. The summed E-state index contributed by atoms with van der Waals surface area (Å²) in [5.74, 6) is 3.12. The Morgan fingerprint density at radius 3 is 2.61 bits per heavy atom. The van der Waals surface area contributed by atoms with Crippen molar-refractivity contribution in [1.82, 2.24) is 24.1 Å². The van der Waals surface area contributed by atoms with Crippen LogP contribution in [-0.2, 0) is 13.1 Å². The number of nitrogens with zero attached hydrogens (tertiary/aromatic N) is 6. The van der Waals surface area contributed by atoms with Gasteiger partial charge in [-0.3, -0.25) is 9.13 Å². The highest BCUT2D eigenvalue weighted by Gasteiger charge is 2.28. The Labute approximate surface area is 164 Å². The minimum absolute atomic E-state index is 0.0588. The van der Waals surface area contributed by atoms with Crippen molar-refractivity contribution in [2.75, 3.05) is 18.0 Å². The number of hydrogen-bond acceptors (Lipinski definition) is 5. The van der Waals surface area contributed by atoms with Crippen LogP contribution in [0.1, 0.15) is 44.3 Å². The zero-order chi connectivity index (χ0) is 19.1. The second-order valence-corrected chi connectivity index (χ2v) is 7.96. The second-order valence-electron chi connectivity index (χ2n) is 7.96. The highest BCUT2D eigenvalue weighted by Crippen LogP contribution is 2.38. The molecule has 4 heterocycles. The lowest BCUT2D eigenvalue weighted by Gasteiger charge is -2.33. The maximum absolute atomic E-state index is 12.8. The number of aryl methyl sites for hydroxylation is 1. The summed E-state index contributed by atoms with van der Waals surface area (Å²) >= 11 is 0. The maximum Gasteiger partial charge on any atom is 0.330 e. The highest BCUT2D eigenvalue weighted by atomic mass is 16.1. The van der Waals surface area contributed by atoms with Gasteiger partial charge >= 0.3 is 5.69 Å². The summed E-state index contributed by atoms with van der Waals surface area (Å²) in [6.45, 7) is 5.36. The Kier molecular flexibility index (Phi) is 4.37. The molecular weight excluding hydrogens is 352 g/mol. The molecule has 7 heteroatoms. The van der Waals surface area contributed by atoms with Gasteiger partial charge in [0.1, 0.15) is 11.6 Å². The van der Waals surface area contributed by atoms with Crippen LogP contribution in [0.2, 0.25) is 0 Å². The van der Waals surface area contributed by atoms with Gasteiger partial charge in [0.25, 0.3) is 0 Å². The summed E-state index contributed by atoms with van der Waals surface area (Å²) in [7, 11) is 0. The normalized spacial score (nSPS) is 18.1. The summed E-state index contributed by atoms with van der Waals surface area (Å²) in [6.07, 6.45) is 8.22. The molecule has 2 aliphatic rings.